The van der Waals surface area contributed by atoms with Gasteiger partial charge in [-0.1, -0.05) is 42.0 Å². The second-order valence-corrected chi connectivity index (χ2v) is 7.29. The van der Waals surface area contributed by atoms with Crippen molar-refractivity contribution in [2.45, 2.75) is 39.2 Å². The SMILES string of the molecule is COc1ccc(C(CC(=O)OCCNC(=O)CCc2ccc(C)cc2)NC(C)=O)cc1. The predicted octanol–water partition coefficient (Wildman–Crippen LogP) is 2.86. The lowest BCUT2D eigenvalue weighted by molar-refractivity contribution is -0.144. The monoisotopic (exact) mass is 426 g/mol. The number of nitrogens with one attached hydrogen (secondary N) is 2. The Morgan fingerprint density at radius 2 is 1.68 bits per heavy atom. The van der Waals surface area contributed by atoms with Gasteiger partial charge in [0.15, 0.2) is 0 Å². The van der Waals surface area contributed by atoms with Crippen LogP contribution in [0.3, 0.4) is 0 Å². The van der Waals surface area contributed by atoms with Crippen molar-refractivity contribution < 1.29 is 23.9 Å². The third kappa shape index (κ3) is 8.90. The van der Waals surface area contributed by atoms with Crippen LogP contribution in [-0.2, 0) is 25.5 Å². The number of rotatable bonds is 11. The third-order valence-corrected chi connectivity index (χ3v) is 4.72. The van der Waals surface area contributed by atoms with Gasteiger partial charge < -0.3 is 20.1 Å². The van der Waals surface area contributed by atoms with Crippen molar-refractivity contribution in [3.8, 4) is 5.75 Å². The zero-order chi connectivity index (χ0) is 22.6. The zero-order valence-corrected chi connectivity index (χ0v) is 18.3. The Labute approximate surface area is 183 Å². The predicted molar refractivity (Wildman–Crippen MR) is 118 cm³/mol. The van der Waals surface area contributed by atoms with Crippen LogP contribution < -0.4 is 15.4 Å². The molecule has 0 radical (unpaired) electrons. The van der Waals surface area contributed by atoms with Gasteiger partial charge in [-0.05, 0) is 36.6 Å². The Balaban J connectivity index is 1.72. The molecule has 0 fully saturated rings. The van der Waals surface area contributed by atoms with E-state index in [1.54, 1.807) is 31.4 Å². The van der Waals surface area contributed by atoms with E-state index in [0.29, 0.717) is 18.6 Å². The van der Waals surface area contributed by atoms with Crippen LogP contribution in [-0.4, -0.2) is 38.0 Å². The highest BCUT2D eigenvalue weighted by Crippen LogP contribution is 2.21. The molecule has 0 saturated carbocycles. The van der Waals surface area contributed by atoms with Crippen molar-refractivity contribution in [3.63, 3.8) is 0 Å². The molecule has 166 valence electrons. The minimum atomic E-state index is -0.500. The first-order chi connectivity index (χ1) is 14.9. The van der Waals surface area contributed by atoms with E-state index in [-0.39, 0.29) is 31.4 Å². The topological polar surface area (TPSA) is 93.7 Å². The summed E-state index contributed by atoms with van der Waals surface area (Å²) in [6.07, 6.45) is 1.03. The van der Waals surface area contributed by atoms with Crippen molar-refractivity contribution in [1.82, 2.24) is 10.6 Å². The van der Waals surface area contributed by atoms with Crippen molar-refractivity contribution in [1.29, 1.82) is 0 Å². The second kappa shape index (κ2) is 12.4. The zero-order valence-electron chi connectivity index (χ0n) is 18.3. The molecule has 2 N–H and O–H groups in total. The first-order valence-corrected chi connectivity index (χ1v) is 10.3. The number of hydrogen-bond acceptors (Lipinski definition) is 5. The fourth-order valence-electron chi connectivity index (χ4n) is 3.02. The van der Waals surface area contributed by atoms with Crippen LogP contribution in [0, 0.1) is 6.92 Å². The first-order valence-electron chi connectivity index (χ1n) is 10.3. The van der Waals surface area contributed by atoms with Crippen molar-refractivity contribution in [2.75, 3.05) is 20.3 Å². The number of amides is 2. The van der Waals surface area contributed by atoms with E-state index in [1.807, 2.05) is 31.2 Å². The second-order valence-electron chi connectivity index (χ2n) is 7.29. The molecule has 2 aromatic carbocycles. The molecule has 0 aromatic heterocycles. The summed E-state index contributed by atoms with van der Waals surface area (Å²) in [7, 11) is 1.57. The van der Waals surface area contributed by atoms with Crippen molar-refractivity contribution in [3.05, 3.63) is 65.2 Å². The minimum absolute atomic E-state index is 0.00667. The maximum absolute atomic E-state index is 12.2. The maximum atomic E-state index is 12.2. The lowest BCUT2D eigenvalue weighted by atomic mass is 10.0. The molecule has 2 amide bonds. The summed E-state index contributed by atoms with van der Waals surface area (Å²) in [5.41, 5.74) is 3.06. The van der Waals surface area contributed by atoms with Gasteiger partial charge in [-0.3, -0.25) is 14.4 Å². The Bertz CT molecular complexity index is 863. The van der Waals surface area contributed by atoms with Gasteiger partial charge in [0.2, 0.25) is 11.8 Å². The molecule has 7 nitrogen and oxygen atoms in total. The van der Waals surface area contributed by atoms with E-state index < -0.39 is 12.0 Å². The quantitative estimate of drug-likeness (QED) is 0.426. The molecule has 0 aliphatic rings. The summed E-state index contributed by atoms with van der Waals surface area (Å²) in [5.74, 6) is -0.102. The molecule has 7 heteroatoms. The highest BCUT2D eigenvalue weighted by atomic mass is 16.5. The number of carbonyl (C=O) groups is 3. The van der Waals surface area contributed by atoms with E-state index in [0.717, 1.165) is 11.1 Å². The number of carbonyl (C=O) groups excluding carboxylic acids is 3. The van der Waals surface area contributed by atoms with E-state index >= 15 is 0 Å². The summed E-state index contributed by atoms with van der Waals surface area (Å²) in [4.78, 5) is 35.7. The molecule has 2 aromatic rings. The van der Waals surface area contributed by atoms with Crippen LogP contribution in [0.1, 0.15) is 42.5 Å². The smallest absolute Gasteiger partial charge is 0.308 e. The van der Waals surface area contributed by atoms with Crippen molar-refractivity contribution >= 4 is 17.8 Å². The highest BCUT2D eigenvalue weighted by Gasteiger charge is 2.18. The number of hydrogen-bond donors (Lipinski definition) is 2. The Morgan fingerprint density at radius 1 is 1.00 bits per heavy atom. The summed E-state index contributed by atoms with van der Waals surface area (Å²) in [6, 6.07) is 14.7. The van der Waals surface area contributed by atoms with Gasteiger partial charge in [-0.15, -0.1) is 0 Å². The molecule has 0 aliphatic heterocycles. The third-order valence-electron chi connectivity index (χ3n) is 4.72. The number of aryl methyl sites for hydroxylation is 2. The van der Waals surface area contributed by atoms with Gasteiger partial charge >= 0.3 is 5.97 Å². The van der Waals surface area contributed by atoms with Crippen LogP contribution in [0.5, 0.6) is 5.75 Å². The number of methoxy groups -OCH3 is 1. The lowest BCUT2D eigenvalue weighted by Crippen LogP contribution is -2.30. The normalized spacial score (nSPS) is 11.3. The minimum Gasteiger partial charge on any atom is -0.497 e. The summed E-state index contributed by atoms with van der Waals surface area (Å²) < 4.78 is 10.3. The van der Waals surface area contributed by atoms with Gasteiger partial charge in [0.1, 0.15) is 12.4 Å². The van der Waals surface area contributed by atoms with Gasteiger partial charge in [0.25, 0.3) is 0 Å². The van der Waals surface area contributed by atoms with E-state index in [4.69, 9.17) is 9.47 Å². The number of esters is 1. The molecule has 0 spiro atoms. The average molecular weight is 427 g/mol. The number of ether oxygens (including phenoxy) is 2. The van der Waals surface area contributed by atoms with Crippen LogP contribution in [0.4, 0.5) is 0 Å². The molecular weight excluding hydrogens is 396 g/mol. The molecule has 2 rings (SSSR count). The largest absolute Gasteiger partial charge is 0.497 e. The molecule has 0 aliphatic carbocycles. The standard InChI is InChI=1S/C24H30N2O5/c1-17-4-6-19(7-5-17)8-13-23(28)25-14-15-31-24(29)16-22(26-18(2)27)20-9-11-21(30-3)12-10-20/h4-7,9-12,22H,8,13-16H2,1-3H3,(H,25,28)(H,26,27). The molecule has 0 heterocycles. The molecule has 1 unspecified atom stereocenters. The Morgan fingerprint density at radius 3 is 2.29 bits per heavy atom. The van der Waals surface area contributed by atoms with Gasteiger partial charge in [0.05, 0.1) is 26.1 Å². The van der Waals surface area contributed by atoms with Crippen LogP contribution in [0.2, 0.25) is 0 Å². The summed E-state index contributed by atoms with van der Waals surface area (Å²) in [6.45, 7) is 3.73. The fraction of sp³-hybridized carbons (Fsp3) is 0.375. The fourth-order valence-corrected chi connectivity index (χ4v) is 3.02. The van der Waals surface area contributed by atoms with E-state index in [1.165, 1.54) is 12.5 Å². The molecule has 31 heavy (non-hydrogen) atoms. The summed E-state index contributed by atoms with van der Waals surface area (Å²) >= 11 is 0. The molecular formula is C24H30N2O5. The molecule has 0 saturated heterocycles. The Hall–Kier alpha value is -3.35. The van der Waals surface area contributed by atoms with Crippen LogP contribution in [0.15, 0.2) is 48.5 Å². The average Bonchev–Trinajstić information content (AvgIpc) is 2.75. The van der Waals surface area contributed by atoms with Crippen LogP contribution >= 0.6 is 0 Å². The van der Waals surface area contributed by atoms with Crippen LogP contribution in [0.25, 0.3) is 0 Å². The molecule has 0 bridgehead atoms. The Kier molecular flexibility index (Phi) is 9.55. The highest BCUT2D eigenvalue weighted by molar-refractivity contribution is 5.77. The maximum Gasteiger partial charge on any atom is 0.308 e. The van der Waals surface area contributed by atoms with Gasteiger partial charge in [-0.2, -0.15) is 0 Å². The van der Waals surface area contributed by atoms with E-state index in [2.05, 4.69) is 10.6 Å². The first kappa shape index (κ1) is 23.9. The van der Waals surface area contributed by atoms with E-state index in [9.17, 15) is 14.4 Å². The van der Waals surface area contributed by atoms with Gasteiger partial charge in [-0.25, -0.2) is 0 Å². The summed E-state index contributed by atoms with van der Waals surface area (Å²) in [5, 5.41) is 5.51. The van der Waals surface area contributed by atoms with Crippen molar-refractivity contribution in [2.24, 2.45) is 0 Å². The molecule has 1 atom stereocenters. The number of benzene rings is 2. The van der Waals surface area contributed by atoms with Gasteiger partial charge in [0, 0.05) is 13.3 Å². The lowest BCUT2D eigenvalue weighted by Gasteiger charge is -2.18.